The Balaban J connectivity index is 1.49. The van der Waals surface area contributed by atoms with Gasteiger partial charge in [0.2, 0.25) is 5.91 Å². The molecule has 1 N–H and O–H groups in total. The van der Waals surface area contributed by atoms with Crippen LogP contribution in [0.2, 0.25) is 0 Å². The fraction of sp³-hybridized carbons (Fsp3) is 0.737. The van der Waals surface area contributed by atoms with Crippen molar-refractivity contribution in [1.82, 2.24) is 19.8 Å². The van der Waals surface area contributed by atoms with Crippen molar-refractivity contribution in [3.63, 3.8) is 0 Å². The second kappa shape index (κ2) is 56.3. The Morgan fingerprint density at radius 1 is 0.416 bits per heavy atom. The number of carbonyl (C=O) groups excluding carboxylic acids is 4. The van der Waals surface area contributed by atoms with E-state index in [1.165, 1.54) is 135 Å². The summed E-state index contributed by atoms with van der Waals surface area (Å²) in [6.07, 6.45) is 58.6. The van der Waals surface area contributed by atoms with Gasteiger partial charge in [0.15, 0.2) is 5.82 Å². The molecule has 13 heteroatoms. The molecule has 1 aromatic carbocycles. The van der Waals surface area contributed by atoms with Crippen LogP contribution >= 0.6 is 11.3 Å². The van der Waals surface area contributed by atoms with E-state index < -0.39 is 0 Å². The number of anilines is 1. The highest BCUT2D eigenvalue weighted by molar-refractivity contribution is 7.19. The van der Waals surface area contributed by atoms with Gasteiger partial charge in [0.1, 0.15) is 25.3 Å². The topological polar surface area (TPSA) is 140 Å². The lowest BCUT2D eigenvalue weighted by molar-refractivity contribution is -0.143. The second-order valence-corrected chi connectivity index (χ2v) is 26.1. The van der Waals surface area contributed by atoms with E-state index in [-0.39, 0.29) is 23.8 Å². The third-order valence-electron chi connectivity index (χ3n) is 16.8. The maximum absolute atomic E-state index is 13.5. The summed E-state index contributed by atoms with van der Waals surface area (Å²) in [6.45, 7) is 16.5. The Morgan fingerprint density at radius 3 is 1.21 bits per heavy atom. The summed E-state index contributed by atoms with van der Waals surface area (Å²) in [5.74, 6) is 0.338. The van der Waals surface area contributed by atoms with Gasteiger partial charge < -0.3 is 29.3 Å². The number of aromatic nitrogens is 2. The average Bonchev–Trinajstić information content (AvgIpc) is 2.09. The Bertz CT molecular complexity index is 2280. The van der Waals surface area contributed by atoms with E-state index in [0.29, 0.717) is 51.3 Å². The van der Waals surface area contributed by atoms with E-state index in [4.69, 9.17) is 24.2 Å². The quantitative estimate of drug-likeness (QED) is 0.0250. The molecule has 0 aliphatic heterocycles. The Hall–Kier alpha value is -4.46. The molecule has 0 radical (unpaired) electrons. The first-order valence-corrected chi connectivity index (χ1v) is 37.4. The largest absolute Gasteiger partial charge is 0.461 e. The number of carbonyl (C=O) groups is 4. The van der Waals surface area contributed by atoms with Crippen LogP contribution in [0.25, 0.3) is 21.1 Å². The van der Waals surface area contributed by atoms with Crippen LogP contribution in [0.15, 0.2) is 60.7 Å². The van der Waals surface area contributed by atoms with Crippen molar-refractivity contribution >= 4 is 62.1 Å². The number of unbranched alkanes of at least 4 members (excludes halogenated alkanes) is 29. The van der Waals surface area contributed by atoms with Crippen molar-refractivity contribution in [2.24, 2.45) is 0 Å². The molecule has 0 bridgehead atoms. The summed E-state index contributed by atoms with van der Waals surface area (Å²) in [6, 6.07) is 8.15. The normalized spacial score (nSPS) is 11.9. The molecule has 0 fully saturated rings. The van der Waals surface area contributed by atoms with Crippen molar-refractivity contribution in [3.8, 4) is 0 Å². The number of aryl methyl sites for hydroxylation is 1. The monoisotopic (exact) mass is 1250 g/mol. The summed E-state index contributed by atoms with van der Waals surface area (Å²) < 4.78 is 17.5. The molecule has 1 amide bonds. The first-order chi connectivity index (χ1) is 43.8. The number of rotatable bonds is 61. The number of esters is 3. The summed E-state index contributed by atoms with van der Waals surface area (Å²) in [4.78, 5) is 65.7. The third kappa shape index (κ3) is 42.3. The highest BCUT2D eigenvalue weighted by Gasteiger charge is 2.17. The van der Waals surface area contributed by atoms with Gasteiger partial charge in [0.25, 0.3) is 0 Å². The zero-order chi connectivity index (χ0) is 63.7. The Morgan fingerprint density at radius 2 is 0.787 bits per heavy atom. The zero-order valence-electron chi connectivity index (χ0n) is 57.1. The van der Waals surface area contributed by atoms with Gasteiger partial charge in [-0.1, -0.05) is 224 Å². The van der Waals surface area contributed by atoms with Crippen molar-refractivity contribution in [2.75, 3.05) is 64.4 Å². The van der Waals surface area contributed by atoms with Crippen LogP contribution in [0.5, 0.6) is 0 Å². The molecular formula is C76H127N5O7S. The number of allylic oxidation sites excluding steroid dienone is 3. The van der Waals surface area contributed by atoms with E-state index in [1.54, 1.807) is 11.3 Å². The van der Waals surface area contributed by atoms with Gasteiger partial charge in [-0.25, -0.2) is 9.97 Å². The van der Waals surface area contributed by atoms with Crippen LogP contribution < -0.4 is 5.32 Å². The summed E-state index contributed by atoms with van der Waals surface area (Å²) in [5.41, 5.74) is 1.68. The molecule has 12 nitrogen and oxygen atoms in total. The standard InChI is InChI=1S/C76H127N5O7S/c1-5-9-12-15-24-33-47-64-86-71(83)55-38-27-18-21-30-43-58-80(59-44-31-22-19-28-39-56-72(84)87-65-48-34-25-16-13-10-6-2)62-50-63-81(60-45-32-23-20-29-40-57-73(85)88-66-49-35-26-17-14-11-7-3)61-46-36-37-54-69(82)78-76-74-75(89-70(79-74)51-8-4)67-52-41-42-53-68(67)77-76/h33-35,41-42,47-49,52-53H,5-32,36-40,43-46,50-51,54-66H2,1-4H3,(H,77,78,82)/b47-33+,48-34+,49-35+. The number of hydrogen-bond donors (Lipinski definition) is 1. The number of ether oxygens (including phenoxy) is 3. The fourth-order valence-corrected chi connectivity index (χ4v) is 12.6. The molecule has 2 heterocycles. The lowest BCUT2D eigenvalue weighted by Crippen LogP contribution is -2.32. The summed E-state index contributed by atoms with van der Waals surface area (Å²) >= 11 is 1.71. The predicted molar refractivity (Wildman–Crippen MR) is 377 cm³/mol. The van der Waals surface area contributed by atoms with Gasteiger partial charge in [-0.3, -0.25) is 19.2 Å². The molecule has 0 aliphatic rings. The van der Waals surface area contributed by atoms with Crippen LogP contribution in [0.3, 0.4) is 0 Å². The van der Waals surface area contributed by atoms with Crippen LogP contribution in [-0.4, -0.2) is 103 Å². The second-order valence-electron chi connectivity index (χ2n) is 25.0. The Labute approximate surface area is 546 Å². The van der Waals surface area contributed by atoms with Crippen molar-refractivity contribution in [2.45, 2.75) is 304 Å². The van der Waals surface area contributed by atoms with Crippen LogP contribution in [0.1, 0.15) is 302 Å². The van der Waals surface area contributed by atoms with E-state index in [0.717, 1.165) is 181 Å². The van der Waals surface area contributed by atoms with E-state index >= 15 is 0 Å². The molecule has 0 aliphatic carbocycles. The number of amides is 1. The third-order valence-corrected chi connectivity index (χ3v) is 18.0. The predicted octanol–water partition coefficient (Wildman–Crippen LogP) is 20.7. The van der Waals surface area contributed by atoms with E-state index in [1.807, 2.05) is 36.4 Å². The van der Waals surface area contributed by atoms with Gasteiger partial charge in [-0.05, 0) is 154 Å². The molecular weight excluding hydrogens is 1130 g/mol. The van der Waals surface area contributed by atoms with Gasteiger partial charge in [-0.15, -0.1) is 11.3 Å². The molecule has 89 heavy (non-hydrogen) atoms. The van der Waals surface area contributed by atoms with Crippen LogP contribution in [0.4, 0.5) is 5.82 Å². The van der Waals surface area contributed by atoms with Crippen LogP contribution in [-0.2, 0) is 39.8 Å². The van der Waals surface area contributed by atoms with Crippen LogP contribution in [0, 0.1) is 0 Å². The number of para-hydroxylation sites is 1. The number of hydrogen-bond acceptors (Lipinski definition) is 12. The number of benzene rings is 1. The lowest BCUT2D eigenvalue weighted by atomic mass is 10.1. The van der Waals surface area contributed by atoms with Gasteiger partial charge in [0.05, 0.1) is 15.2 Å². The highest BCUT2D eigenvalue weighted by Crippen LogP contribution is 2.34. The fourth-order valence-electron chi connectivity index (χ4n) is 11.4. The SMILES string of the molecule is CCCCCC/C=C/COC(=O)CCCCCCCCN(CCCCCCCCC(=O)OC/C=C/CCCCCC)CCCN(CCCCCCCCC(=O)OC/C=C/CCCCCC)CCCCCC(=O)Nc1nc2ccccc2c2sc(CCC)nc12. The molecule has 3 rings (SSSR count). The summed E-state index contributed by atoms with van der Waals surface area (Å²) in [5, 5.41) is 5.33. The molecule has 0 spiro atoms. The molecule has 2 aromatic heterocycles. The smallest absolute Gasteiger partial charge is 0.306 e. The number of fused-ring (bicyclic) bond motifs is 3. The van der Waals surface area contributed by atoms with E-state index in [2.05, 4.69) is 67.1 Å². The van der Waals surface area contributed by atoms with Gasteiger partial charge >= 0.3 is 17.9 Å². The number of nitrogens with one attached hydrogen (secondary N) is 1. The first kappa shape index (κ1) is 78.8. The maximum Gasteiger partial charge on any atom is 0.306 e. The van der Waals surface area contributed by atoms with Crippen molar-refractivity contribution in [1.29, 1.82) is 0 Å². The summed E-state index contributed by atoms with van der Waals surface area (Å²) in [7, 11) is 0. The zero-order valence-corrected chi connectivity index (χ0v) is 57.9. The van der Waals surface area contributed by atoms with Crippen molar-refractivity contribution < 1.29 is 33.4 Å². The van der Waals surface area contributed by atoms with Crippen molar-refractivity contribution in [3.05, 3.63) is 65.7 Å². The molecule has 504 valence electrons. The minimum absolute atomic E-state index is 0.00190. The molecule has 3 aromatic rings. The first-order valence-electron chi connectivity index (χ1n) is 36.6. The van der Waals surface area contributed by atoms with E-state index in [9.17, 15) is 19.2 Å². The molecule has 0 saturated carbocycles. The number of thiazole rings is 1. The lowest BCUT2D eigenvalue weighted by Gasteiger charge is -2.26. The van der Waals surface area contributed by atoms with Gasteiger partial charge in [-0.2, -0.15) is 0 Å². The average molecular weight is 1250 g/mol. The highest BCUT2D eigenvalue weighted by atomic mass is 32.1. The Kier molecular flexibility index (Phi) is 49.8. The molecule has 0 atom stereocenters. The minimum atomic E-state index is -0.0837. The number of nitrogens with zero attached hydrogens (tertiary/aromatic N) is 4. The maximum atomic E-state index is 13.5. The minimum Gasteiger partial charge on any atom is -0.461 e. The number of pyridine rings is 1. The van der Waals surface area contributed by atoms with Gasteiger partial charge in [0, 0.05) is 31.1 Å². The molecule has 0 saturated heterocycles. The molecule has 0 unspecified atom stereocenters.